The molecule has 4 N–H and O–H groups in total. The van der Waals surface area contributed by atoms with Crippen LogP contribution in [0.25, 0.3) is 0 Å². The molecule has 1 aliphatic heterocycles. The predicted molar refractivity (Wildman–Crippen MR) is 88.7 cm³/mol. The molecule has 0 saturated carbocycles. The topological polar surface area (TPSA) is 85.9 Å². The number of ether oxygens (including phenoxy) is 1. The van der Waals surface area contributed by atoms with Gasteiger partial charge in [0, 0.05) is 24.4 Å². The number of benzene rings is 1. The Morgan fingerprint density at radius 2 is 2.04 bits per heavy atom. The van der Waals surface area contributed by atoms with Crippen LogP contribution < -0.4 is 20.7 Å². The van der Waals surface area contributed by atoms with Crippen molar-refractivity contribution in [1.82, 2.24) is 0 Å². The molecule has 2 amide bonds. The number of carbonyl (C=O) groups is 2. The van der Waals surface area contributed by atoms with Gasteiger partial charge in [0.2, 0.25) is 5.91 Å². The minimum atomic E-state index is -0.242. The van der Waals surface area contributed by atoms with Crippen molar-refractivity contribution < 1.29 is 19.2 Å². The first-order chi connectivity index (χ1) is 10.9. The van der Waals surface area contributed by atoms with Crippen molar-refractivity contribution >= 4 is 29.1 Å². The average molecular weight is 341 g/mol. The van der Waals surface area contributed by atoms with Gasteiger partial charge in [0.25, 0.3) is 5.91 Å². The van der Waals surface area contributed by atoms with E-state index in [4.69, 9.17) is 22.1 Å². The summed E-state index contributed by atoms with van der Waals surface area (Å²) in [5.74, 6) is 0.194. The highest BCUT2D eigenvalue weighted by atomic mass is 35.5. The van der Waals surface area contributed by atoms with Crippen molar-refractivity contribution in [2.45, 2.75) is 25.8 Å². The molecule has 0 unspecified atom stereocenters. The fourth-order valence-electron chi connectivity index (χ4n) is 2.89. The van der Waals surface area contributed by atoms with Crippen molar-refractivity contribution in [3.63, 3.8) is 0 Å². The largest absolute Gasteiger partial charge is 0.495 e. The van der Waals surface area contributed by atoms with Crippen LogP contribution >= 0.6 is 11.6 Å². The molecule has 1 aromatic rings. The minimum Gasteiger partial charge on any atom is -0.495 e. The molecule has 0 aliphatic carbocycles. The average Bonchev–Trinajstić information content (AvgIpc) is 2.54. The lowest BCUT2D eigenvalue weighted by Gasteiger charge is -2.31. The van der Waals surface area contributed by atoms with Gasteiger partial charge in [-0.2, -0.15) is 0 Å². The number of piperidine rings is 1. The van der Waals surface area contributed by atoms with Crippen LogP contribution in [0.5, 0.6) is 5.75 Å². The van der Waals surface area contributed by atoms with Gasteiger partial charge in [-0.3, -0.25) is 9.59 Å². The number of halogens is 1. The molecule has 23 heavy (non-hydrogen) atoms. The molecule has 7 heteroatoms. The Kier molecular flexibility index (Phi) is 5.85. The van der Waals surface area contributed by atoms with Gasteiger partial charge >= 0.3 is 0 Å². The first-order valence-corrected chi connectivity index (χ1v) is 8.08. The summed E-state index contributed by atoms with van der Waals surface area (Å²) in [6.45, 7) is 3.43. The fraction of sp³-hybridized carbons (Fsp3) is 0.500. The molecule has 1 atom stereocenters. The molecular weight excluding hydrogens is 318 g/mol. The number of hydrogen-bond donors (Lipinski definition) is 3. The summed E-state index contributed by atoms with van der Waals surface area (Å²) in [5, 5.41) is 3.33. The molecule has 2 rings (SSSR count). The van der Waals surface area contributed by atoms with Gasteiger partial charge in [0.1, 0.15) is 5.75 Å². The van der Waals surface area contributed by atoms with Gasteiger partial charge in [-0.15, -0.1) is 0 Å². The highest BCUT2D eigenvalue weighted by molar-refractivity contribution is 6.32. The molecule has 1 fully saturated rings. The summed E-state index contributed by atoms with van der Waals surface area (Å²) in [6, 6.07) is 4.93. The first kappa shape index (κ1) is 17.6. The Bertz CT molecular complexity index is 586. The standard InChI is InChI=1S/C16H22ClN3O3/c1-10(20-7-5-11(6-8-20)15(18)21)16(22)19-12-3-4-14(23-2)13(17)9-12/h3-4,9-11H,5-8H2,1-2H3,(H2,18,21)(H,19,22)/p+1/t10-/m0/s1. The third-order valence-electron chi connectivity index (χ3n) is 4.46. The molecule has 1 heterocycles. The Morgan fingerprint density at radius 1 is 1.39 bits per heavy atom. The van der Waals surface area contributed by atoms with E-state index in [0.717, 1.165) is 25.9 Å². The summed E-state index contributed by atoms with van der Waals surface area (Å²) in [5.41, 5.74) is 5.98. The number of nitrogens with two attached hydrogens (primary N) is 1. The molecule has 0 spiro atoms. The Morgan fingerprint density at radius 3 is 2.57 bits per heavy atom. The molecule has 0 bridgehead atoms. The zero-order valence-corrected chi connectivity index (χ0v) is 14.2. The molecule has 1 aliphatic rings. The highest BCUT2D eigenvalue weighted by Crippen LogP contribution is 2.27. The summed E-state index contributed by atoms with van der Waals surface area (Å²) < 4.78 is 5.09. The monoisotopic (exact) mass is 340 g/mol. The van der Waals surface area contributed by atoms with Crippen LogP contribution in [-0.2, 0) is 9.59 Å². The SMILES string of the molecule is COc1ccc(NC(=O)[C@H](C)[NH+]2CCC(C(N)=O)CC2)cc1Cl. The number of methoxy groups -OCH3 is 1. The molecule has 1 saturated heterocycles. The van der Waals surface area contributed by atoms with Crippen molar-refractivity contribution in [2.24, 2.45) is 11.7 Å². The van der Waals surface area contributed by atoms with Gasteiger partial charge in [0.05, 0.1) is 25.2 Å². The number of likely N-dealkylation sites (tertiary alicyclic amines) is 1. The van der Waals surface area contributed by atoms with Crippen molar-refractivity contribution in [3.8, 4) is 5.75 Å². The van der Waals surface area contributed by atoms with Crippen molar-refractivity contribution in [2.75, 3.05) is 25.5 Å². The maximum Gasteiger partial charge on any atom is 0.282 e. The van der Waals surface area contributed by atoms with E-state index in [1.807, 2.05) is 6.92 Å². The maximum atomic E-state index is 12.4. The number of carbonyl (C=O) groups excluding carboxylic acids is 2. The lowest BCUT2D eigenvalue weighted by Crippen LogP contribution is -3.17. The number of rotatable bonds is 5. The normalized spacial score (nSPS) is 22.2. The summed E-state index contributed by atoms with van der Waals surface area (Å²) >= 11 is 6.06. The molecular formula is C16H23ClN3O3+. The second-order valence-corrected chi connectivity index (χ2v) is 6.30. The lowest BCUT2D eigenvalue weighted by atomic mass is 9.95. The molecule has 0 aromatic heterocycles. The number of nitrogens with one attached hydrogen (secondary N) is 2. The highest BCUT2D eigenvalue weighted by Gasteiger charge is 2.32. The number of anilines is 1. The zero-order valence-electron chi connectivity index (χ0n) is 13.4. The third kappa shape index (κ3) is 4.36. The Labute approximate surface area is 140 Å². The molecule has 6 nitrogen and oxygen atoms in total. The fourth-order valence-corrected chi connectivity index (χ4v) is 3.14. The van der Waals surface area contributed by atoms with E-state index in [2.05, 4.69) is 5.32 Å². The second-order valence-electron chi connectivity index (χ2n) is 5.90. The third-order valence-corrected chi connectivity index (χ3v) is 4.75. The Hall–Kier alpha value is -1.79. The summed E-state index contributed by atoms with van der Waals surface area (Å²) in [4.78, 5) is 24.8. The van der Waals surface area contributed by atoms with E-state index in [0.29, 0.717) is 16.5 Å². The van der Waals surface area contributed by atoms with Gasteiger partial charge in [-0.1, -0.05) is 11.6 Å². The van der Waals surface area contributed by atoms with Crippen LogP contribution in [-0.4, -0.2) is 38.1 Å². The van der Waals surface area contributed by atoms with Crippen molar-refractivity contribution in [3.05, 3.63) is 23.2 Å². The van der Waals surface area contributed by atoms with Gasteiger partial charge < -0.3 is 20.7 Å². The molecule has 126 valence electrons. The number of hydrogen-bond acceptors (Lipinski definition) is 3. The zero-order chi connectivity index (χ0) is 17.0. The van der Waals surface area contributed by atoms with Crippen LogP contribution in [0, 0.1) is 5.92 Å². The van der Waals surface area contributed by atoms with Gasteiger partial charge in [-0.05, 0) is 25.1 Å². The number of quaternary nitrogens is 1. The van der Waals surface area contributed by atoms with Gasteiger partial charge in [0.15, 0.2) is 6.04 Å². The van der Waals surface area contributed by atoms with Crippen LogP contribution in [0.4, 0.5) is 5.69 Å². The van der Waals surface area contributed by atoms with E-state index in [1.54, 1.807) is 25.3 Å². The van der Waals surface area contributed by atoms with Crippen LogP contribution in [0.3, 0.4) is 0 Å². The molecule has 1 aromatic carbocycles. The summed E-state index contributed by atoms with van der Waals surface area (Å²) in [6.07, 6.45) is 1.47. The van der Waals surface area contributed by atoms with Crippen LogP contribution in [0.2, 0.25) is 5.02 Å². The van der Waals surface area contributed by atoms with E-state index < -0.39 is 0 Å². The van der Waals surface area contributed by atoms with E-state index in [-0.39, 0.29) is 23.8 Å². The lowest BCUT2D eigenvalue weighted by molar-refractivity contribution is -0.919. The summed E-state index contributed by atoms with van der Waals surface area (Å²) in [7, 11) is 1.54. The van der Waals surface area contributed by atoms with Crippen LogP contribution in [0.1, 0.15) is 19.8 Å². The van der Waals surface area contributed by atoms with Gasteiger partial charge in [-0.25, -0.2) is 0 Å². The van der Waals surface area contributed by atoms with Crippen molar-refractivity contribution in [1.29, 1.82) is 0 Å². The maximum absolute atomic E-state index is 12.4. The van der Waals surface area contributed by atoms with Crippen LogP contribution in [0.15, 0.2) is 18.2 Å². The predicted octanol–water partition coefficient (Wildman–Crippen LogP) is 0.456. The van der Waals surface area contributed by atoms with E-state index in [9.17, 15) is 9.59 Å². The smallest absolute Gasteiger partial charge is 0.282 e. The second kappa shape index (κ2) is 7.66. The Balaban J connectivity index is 1.93. The van der Waals surface area contributed by atoms with E-state index in [1.165, 1.54) is 4.90 Å². The quantitative estimate of drug-likeness (QED) is 0.727. The molecule has 0 radical (unpaired) electrons. The number of primary amides is 1. The minimum absolute atomic E-state index is 0.0607. The first-order valence-electron chi connectivity index (χ1n) is 7.70. The number of amides is 2. The van der Waals surface area contributed by atoms with E-state index >= 15 is 0 Å².